The van der Waals surface area contributed by atoms with E-state index in [1.165, 1.54) is 37.9 Å². The van der Waals surface area contributed by atoms with E-state index in [-0.39, 0.29) is 6.03 Å². The van der Waals surface area contributed by atoms with Crippen molar-refractivity contribution in [3.8, 4) is 0 Å². The van der Waals surface area contributed by atoms with Crippen LogP contribution in [0, 0.1) is 0 Å². The van der Waals surface area contributed by atoms with Crippen molar-refractivity contribution in [1.82, 2.24) is 10.2 Å². The Balaban J connectivity index is 1.70. The van der Waals surface area contributed by atoms with E-state index in [0.717, 1.165) is 18.7 Å². The monoisotopic (exact) mass is 303 g/mol. The molecule has 1 atom stereocenters. The number of piperidine rings is 1. The van der Waals surface area contributed by atoms with Gasteiger partial charge < -0.3 is 15.5 Å². The molecule has 4 nitrogen and oxygen atoms in total. The molecule has 122 valence electrons. The minimum absolute atomic E-state index is 0.117. The quantitative estimate of drug-likeness (QED) is 0.839. The van der Waals surface area contributed by atoms with Gasteiger partial charge in [0, 0.05) is 18.8 Å². The number of likely N-dealkylation sites (tertiary alicyclic amines) is 1. The number of benzene rings is 1. The highest BCUT2D eigenvalue weighted by Crippen LogP contribution is 2.20. The zero-order valence-corrected chi connectivity index (χ0v) is 13.9. The molecule has 0 bridgehead atoms. The van der Waals surface area contributed by atoms with Crippen molar-refractivity contribution in [2.75, 3.05) is 31.5 Å². The third-order valence-electron chi connectivity index (χ3n) is 4.51. The van der Waals surface area contributed by atoms with E-state index in [1.54, 1.807) is 0 Å². The minimum atomic E-state index is -0.117. The molecule has 0 aliphatic carbocycles. The lowest BCUT2D eigenvalue weighted by Gasteiger charge is -2.26. The van der Waals surface area contributed by atoms with Crippen LogP contribution in [-0.4, -0.2) is 37.1 Å². The number of urea groups is 1. The van der Waals surface area contributed by atoms with Gasteiger partial charge in [-0.2, -0.15) is 0 Å². The molecule has 1 aliphatic heterocycles. The highest BCUT2D eigenvalue weighted by molar-refractivity contribution is 5.89. The molecule has 0 aromatic heterocycles. The molecule has 4 heteroatoms. The molecule has 22 heavy (non-hydrogen) atoms. The van der Waals surface area contributed by atoms with E-state index in [0.29, 0.717) is 12.5 Å². The number of hydrogen-bond donors (Lipinski definition) is 2. The predicted molar refractivity (Wildman–Crippen MR) is 92.5 cm³/mol. The standard InChI is InChI=1S/C18H29N3O/c1-3-15(2)16-7-9-17(10-8-16)20-18(22)19-11-14-21-12-5-4-6-13-21/h7-10,15H,3-6,11-14H2,1-2H3,(H2,19,20,22)/t15-/m1/s1. The fourth-order valence-electron chi connectivity index (χ4n) is 2.82. The van der Waals surface area contributed by atoms with Crippen molar-refractivity contribution in [2.24, 2.45) is 0 Å². The number of amides is 2. The van der Waals surface area contributed by atoms with Gasteiger partial charge in [0.05, 0.1) is 0 Å². The summed E-state index contributed by atoms with van der Waals surface area (Å²) in [6.45, 7) is 8.39. The van der Waals surface area contributed by atoms with Crippen molar-refractivity contribution < 1.29 is 4.79 Å². The number of nitrogens with one attached hydrogen (secondary N) is 2. The molecule has 1 fully saturated rings. The molecule has 0 radical (unpaired) electrons. The van der Waals surface area contributed by atoms with Gasteiger partial charge in [0.15, 0.2) is 0 Å². The Bertz CT molecular complexity index is 452. The first-order valence-electron chi connectivity index (χ1n) is 8.56. The molecule has 1 aliphatic rings. The molecule has 1 aromatic rings. The van der Waals surface area contributed by atoms with Crippen LogP contribution in [0.25, 0.3) is 0 Å². The van der Waals surface area contributed by atoms with Gasteiger partial charge in [-0.3, -0.25) is 0 Å². The maximum absolute atomic E-state index is 11.9. The van der Waals surface area contributed by atoms with Crippen LogP contribution in [0.2, 0.25) is 0 Å². The second-order valence-corrected chi connectivity index (χ2v) is 6.21. The Morgan fingerprint density at radius 3 is 2.50 bits per heavy atom. The number of rotatable bonds is 6. The highest BCUT2D eigenvalue weighted by Gasteiger charge is 2.10. The molecule has 2 N–H and O–H groups in total. The van der Waals surface area contributed by atoms with E-state index in [4.69, 9.17) is 0 Å². The van der Waals surface area contributed by atoms with Gasteiger partial charge in [-0.05, 0) is 56.0 Å². The van der Waals surface area contributed by atoms with Crippen LogP contribution >= 0.6 is 0 Å². The molecule has 0 saturated carbocycles. The SMILES string of the molecule is CC[C@@H](C)c1ccc(NC(=O)NCCN2CCCCC2)cc1. The average molecular weight is 303 g/mol. The Morgan fingerprint density at radius 1 is 1.18 bits per heavy atom. The summed E-state index contributed by atoms with van der Waals surface area (Å²) in [6, 6.07) is 8.03. The second-order valence-electron chi connectivity index (χ2n) is 6.21. The van der Waals surface area contributed by atoms with Crippen LogP contribution in [-0.2, 0) is 0 Å². The lowest BCUT2D eigenvalue weighted by Crippen LogP contribution is -2.39. The van der Waals surface area contributed by atoms with Crippen molar-refractivity contribution in [3.63, 3.8) is 0 Å². The van der Waals surface area contributed by atoms with Crippen LogP contribution in [0.1, 0.15) is 51.0 Å². The molecule has 1 heterocycles. The fraction of sp³-hybridized carbons (Fsp3) is 0.611. The topological polar surface area (TPSA) is 44.4 Å². The first kappa shape index (κ1) is 16.8. The minimum Gasteiger partial charge on any atom is -0.337 e. The first-order chi connectivity index (χ1) is 10.7. The van der Waals surface area contributed by atoms with E-state index < -0.39 is 0 Å². The molecule has 1 aromatic carbocycles. The molecular weight excluding hydrogens is 274 g/mol. The molecule has 2 rings (SSSR count). The summed E-state index contributed by atoms with van der Waals surface area (Å²) in [6.07, 6.45) is 5.05. The molecule has 0 unspecified atom stereocenters. The van der Waals surface area contributed by atoms with Gasteiger partial charge in [0.2, 0.25) is 0 Å². The number of nitrogens with zero attached hydrogens (tertiary/aromatic N) is 1. The van der Waals surface area contributed by atoms with Crippen LogP contribution in [0.3, 0.4) is 0 Å². The van der Waals surface area contributed by atoms with Crippen LogP contribution in [0.4, 0.5) is 10.5 Å². The maximum atomic E-state index is 11.9. The third kappa shape index (κ3) is 5.34. The summed E-state index contributed by atoms with van der Waals surface area (Å²) in [5, 5.41) is 5.83. The Kier molecular flexibility index (Phi) is 6.72. The van der Waals surface area contributed by atoms with Gasteiger partial charge in [0.25, 0.3) is 0 Å². The van der Waals surface area contributed by atoms with Gasteiger partial charge in [-0.25, -0.2) is 4.79 Å². The van der Waals surface area contributed by atoms with Crippen molar-refractivity contribution in [1.29, 1.82) is 0 Å². The van der Waals surface area contributed by atoms with E-state index >= 15 is 0 Å². The lowest BCUT2D eigenvalue weighted by molar-refractivity contribution is 0.224. The van der Waals surface area contributed by atoms with Gasteiger partial charge >= 0.3 is 6.03 Å². The summed E-state index contributed by atoms with van der Waals surface area (Å²) in [5.74, 6) is 0.562. The van der Waals surface area contributed by atoms with Crippen molar-refractivity contribution >= 4 is 11.7 Å². The lowest BCUT2D eigenvalue weighted by atomic mass is 9.99. The Hall–Kier alpha value is -1.55. The molecular formula is C18H29N3O. The van der Waals surface area contributed by atoms with Crippen molar-refractivity contribution in [2.45, 2.75) is 45.4 Å². The van der Waals surface area contributed by atoms with Crippen LogP contribution in [0.15, 0.2) is 24.3 Å². The predicted octanol–water partition coefficient (Wildman–Crippen LogP) is 3.81. The number of anilines is 1. The molecule has 1 saturated heterocycles. The van der Waals surface area contributed by atoms with Crippen LogP contribution < -0.4 is 10.6 Å². The molecule has 2 amide bonds. The van der Waals surface area contributed by atoms with Crippen LogP contribution in [0.5, 0.6) is 0 Å². The summed E-state index contributed by atoms with van der Waals surface area (Å²) in [5.41, 5.74) is 2.17. The normalized spacial score (nSPS) is 17.0. The molecule has 0 spiro atoms. The summed E-state index contributed by atoms with van der Waals surface area (Å²) < 4.78 is 0. The largest absolute Gasteiger partial charge is 0.337 e. The summed E-state index contributed by atoms with van der Waals surface area (Å²) in [7, 11) is 0. The summed E-state index contributed by atoms with van der Waals surface area (Å²) in [4.78, 5) is 14.3. The zero-order chi connectivity index (χ0) is 15.8. The Labute approximate surface area is 134 Å². The highest BCUT2D eigenvalue weighted by atomic mass is 16.2. The third-order valence-corrected chi connectivity index (χ3v) is 4.51. The fourth-order valence-corrected chi connectivity index (χ4v) is 2.82. The van der Waals surface area contributed by atoms with Gasteiger partial charge in [0.1, 0.15) is 0 Å². The van der Waals surface area contributed by atoms with E-state index in [9.17, 15) is 4.79 Å². The number of carbonyl (C=O) groups excluding carboxylic acids is 1. The number of carbonyl (C=O) groups is 1. The maximum Gasteiger partial charge on any atom is 0.319 e. The second kappa shape index (κ2) is 8.79. The smallest absolute Gasteiger partial charge is 0.319 e. The first-order valence-corrected chi connectivity index (χ1v) is 8.56. The van der Waals surface area contributed by atoms with E-state index in [1.807, 2.05) is 12.1 Å². The van der Waals surface area contributed by atoms with Gasteiger partial charge in [-0.15, -0.1) is 0 Å². The van der Waals surface area contributed by atoms with E-state index in [2.05, 4.69) is 41.5 Å². The average Bonchev–Trinajstić information content (AvgIpc) is 2.56. The van der Waals surface area contributed by atoms with Crippen molar-refractivity contribution in [3.05, 3.63) is 29.8 Å². The summed E-state index contributed by atoms with van der Waals surface area (Å²) >= 11 is 0. The Morgan fingerprint density at radius 2 is 1.86 bits per heavy atom. The van der Waals surface area contributed by atoms with Gasteiger partial charge in [-0.1, -0.05) is 32.4 Å². The number of hydrogen-bond acceptors (Lipinski definition) is 2. The zero-order valence-electron chi connectivity index (χ0n) is 13.9.